The van der Waals surface area contributed by atoms with Gasteiger partial charge in [-0.15, -0.1) is 0 Å². The first-order valence-corrected chi connectivity index (χ1v) is 6.96. The molecule has 0 radical (unpaired) electrons. The molecule has 0 heterocycles. The Bertz CT molecular complexity index is 350. The summed E-state index contributed by atoms with van der Waals surface area (Å²) in [5.74, 6) is 0. The van der Waals surface area contributed by atoms with Crippen LogP contribution in [0.4, 0.5) is 0 Å². The normalized spacial score (nSPS) is 18.6. The molecular formula is C13H16BrCl. The maximum atomic E-state index is 6.02. The number of hydrogen-bond donors (Lipinski definition) is 0. The molecule has 2 rings (SSSR count). The van der Waals surface area contributed by atoms with Gasteiger partial charge in [-0.2, -0.15) is 0 Å². The smallest absolute Gasteiger partial charge is 0.0435 e. The lowest BCUT2D eigenvalue weighted by atomic mass is 9.67. The molecule has 0 spiro atoms. The molecule has 0 unspecified atom stereocenters. The zero-order valence-corrected chi connectivity index (χ0v) is 11.4. The lowest BCUT2D eigenvalue weighted by Gasteiger charge is -2.40. The van der Waals surface area contributed by atoms with Crippen molar-refractivity contribution < 1.29 is 0 Å². The van der Waals surface area contributed by atoms with E-state index in [0.717, 1.165) is 10.4 Å². The largest absolute Gasteiger partial charge is 0.0922 e. The third-order valence-corrected chi connectivity index (χ3v) is 5.11. The van der Waals surface area contributed by atoms with Crippen LogP contribution >= 0.6 is 27.5 Å². The summed E-state index contributed by atoms with van der Waals surface area (Å²) in [5, 5.41) is 2.00. The minimum atomic E-state index is 0.528. The quantitative estimate of drug-likeness (QED) is 0.703. The molecule has 82 valence electrons. The molecule has 15 heavy (non-hydrogen) atoms. The van der Waals surface area contributed by atoms with Gasteiger partial charge in [0.05, 0.1) is 0 Å². The van der Waals surface area contributed by atoms with E-state index in [0.29, 0.717) is 5.41 Å². The van der Waals surface area contributed by atoms with E-state index in [9.17, 15) is 0 Å². The lowest BCUT2D eigenvalue weighted by Crippen LogP contribution is -2.33. The predicted molar refractivity (Wildman–Crippen MR) is 70.0 cm³/mol. The van der Waals surface area contributed by atoms with Crippen LogP contribution in [0.5, 0.6) is 0 Å². The van der Waals surface area contributed by atoms with Crippen molar-refractivity contribution >= 4 is 27.5 Å². The van der Waals surface area contributed by atoms with Gasteiger partial charge in [-0.25, -0.2) is 0 Å². The van der Waals surface area contributed by atoms with Gasteiger partial charge in [-0.3, -0.25) is 0 Å². The fourth-order valence-corrected chi connectivity index (χ4v) is 3.16. The van der Waals surface area contributed by atoms with Crippen LogP contribution in [0.25, 0.3) is 0 Å². The molecule has 1 aromatic carbocycles. The Morgan fingerprint density at radius 1 is 1.40 bits per heavy atom. The molecule has 2 heteroatoms. The maximum Gasteiger partial charge on any atom is 0.0435 e. The molecule has 0 aliphatic heterocycles. The van der Waals surface area contributed by atoms with E-state index in [2.05, 4.69) is 35.0 Å². The van der Waals surface area contributed by atoms with Crippen LogP contribution in [0.15, 0.2) is 18.2 Å². The SMILES string of the molecule is Cc1cc(CC2(CBr)CCC2)ccc1Cl. The molecule has 0 atom stereocenters. The molecule has 0 N–H and O–H groups in total. The monoisotopic (exact) mass is 286 g/mol. The number of aryl methyl sites for hydroxylation is 1. The average Bonchev–Trinajstić information content (AvgIpc) is 2.17. The molecule has 0 nitrogen and oxygen atoms in total. The van der Waals surface area contributed by atoms with Crippen LogP contribution in [0.3, 0.4) is 0 Å². The second kappa shape index (κ2) is 4.47. The third kappa shape index (κ3) is 2.39. The second-order valence-corrected chi connectivity index (χ2v) is 5.72. The summed E-state index contributed by atoms with van der Waals surface area (Å²) in [6.07, 6.45) is 5.30. The number of alkyl halides is 1. The third-order valence-electron chi connectivity index (χ3n) is 3.50. The summed E-state index contributed by atoms with van der Waals surface area (Å²) in [4.78, 5) is 0. The van der Waals surface area contributed by atoms with Gasteiger partial charge in [-0.1, -0.05) is 46.1 Å². The van der Waals surface area contributed by atoms with Crippen molar-refractivity contribution in [3.63, 3.8) is 0 Å². The molecule has 0 saturated heterocycles. The Kier molecular flexibility index (Phi) is 3.42. The van der Waals surface area contributed by atoms with Crippen molar-refractivity contribution in [2.45, 2.75) is 32.6 Å². The molecule has 1 aromatic rings. The first-order chi connectivity index (χ1) is 7.15. The van der Waals surface area contributed by atoms with Crippen molar-refractivity contribution in [3.05, 3.63) is 34.3 Å². The highest BCUT2D eigenvalue weighted by molar-refractivity contribution is 9.09. The fraction of sp³-hybridized carbons (Fsp3) is 0.538. The zero-order chi connectivity index (χ0) is 10.9. The van der Waals surface area contributed by atoms with Crippen molar-refractivity contribution in [1.29, 1.82) is 0 Å². The number of halogens is 2. The zero-order valence-electron chi connectivity index (χ0n) is 9.02. The van der Waals surface area contributed by atoms with Crippen LogP contribution in [-0.2, 0) is 6.42 Å². The highest BCUT2D eigenvalue weighted by Crippen LogP contribution is 2.45. The number of hydrogen-bond acceptors (Lipinski definition) is 0. The summed E-state index contributed by atoms with van der Waals surface area (Å²) in [6, 6.07) is 6.41. The van der Waals surface area contributed by atoms with Crippen LogP contribution in [0.1, 0.15) is 30.4 Å². The van der Waals surface area contributed by atoms with Gasteiger partial charge in [-0.05, 0) is 48.8 Å². The van der Waals surface area contributed by atoms with E-state index < -0.39 is 0 Å². The van der Waals surface area contributed by atoms with E-state index in [1.165, 1.54) is 36.8 Å². The minimum Gasteiger partial charge on any atom is -0.0922 e. The van der Waals surface area contributed by atoms with E-state index in [-0.39, 0.29) is 0 Å². The Labute approximate surface area is 105 Å². The second-order valence-electron chi connectivity index (χ2n) is 4.75. The van der Waals surface area contributed by atoms with Crippen LogP contribution in [-0.4, -0.2) is 5.33 Å². The van der Waals surface area contributed by atoms with Crippen molar-refractivity contribution in [2.75, 3.05) is 5.33 Å². The maximum absolute atomic E-state index is 6.02. The number of benzene rings is 1. The molecule has 1 aliphatic carbocycles. The van der Waals surface area contributed by atoms with Gasteiger partial charge in [0.2, 0.25) is 0 Å². The molecule has 1 saturated carbocycles. The van der Waals surface area contributed by atoms with Gasteiger partial charge in [0.25, 0.3) is 0 Å². The summed E-state index contributed by atoms with van der Waals surface area (Å²) >= 11 is 9.67. The van der Waals surface area contributed by atoms with Gasteiger partial charge in [0.1, 0.15) is 0 Å². The molecule has 1 fully saturated rings. The van der Waals surface area contributed by atoms with Crippen LogP contribution in [0, 0.1) is 12.3 Å². The Morgan fingerprint density at radius 3 is 2.60 bits per heavy atom. The summed E-state index contributed by atoms with van der Waals surface area (Å²) in [5.41, 5.74) is 3.15. The van der Waals surface area contributed by atoms with Crippen LogP contribution < -0.4 is 0 Å². The topological polar surface area (TPSA) is 0 Å². The van der Waals surface area contributed by atoms with E-state index >= 15 is 0 Å². The van der Waals surface area contributed by atoms with Gasteiger partial charge >= 0.3 is 0 Å². The van der Waals surface area contributed by atoms with E-state index in [1.54, 1.807) is 0 Å². The molecular weight excluding hydrogens is 272 g/mol. The molecule has 1 aliphatic rings. The lowest BCUT2D eigenvalue weighted by molar-refractivity contribution is 0.170. The molecule has 0 amide bonds. The Morgan fingerprint density at radius 2 is 2.13 bits per heavy atom. The van der Waals surface area contributed by atoms with Gasteiger partial charge in [0.15, 0.2) is 0 Å². The minimum absolute atomic E-state index is 0.528. The molecule has 0 aromatic heterocycles. The predicted octanol–water partition coefficient (Wildman–Crippen LogP) is 4.76. The summed E-state index contributed by atoms with van der Waals surface area (Å²) in [7, 11) is 0. The Balaban J connectivity index is 2.13. The van der Waals surface area contributed by atoms with Crippen molar-refractivity contribution in [2.24, 2.45) is 5.41 Å². The summed E-state index contributed by atoms with van der Waals surface area (Å²) in [6.45, 7) is 2.08. The highest BCUT2D eigenvalue weighted by Gasteiger charge is 2.35. The highest BCUT2D eigenvalue weighted by atomic mass is 79.9. The van der Waals surface area contributed by atoms with Crippen molar-refractivity contribution in [1.82, 2.24) is 0 Å². The standard InChI is InChI=1S/C13H16BrCl/c1-10-7-11(3-4-12(10)15)8-13(9-14)5-2-6-13/h3-4,7H,2,5-6,8-9H2,1H3. The average molecular weight is 288 g/mol. The van der Waals surface area contributed by atoms with Gasteiger partial charge < -0.3 is 0 Å². The van der Waals surface area contributed by atoms with Crippen molar-refractivity contribution in [3.8, 4) is 0 Å². The van der Waals surface area contributed by atoms with Gasteiger partial charge in [0, 0.05) is 10.4 Å². The van der Waals surface area contributed by atoms with Crippen LogP contribution in [0.2, 0.25) is 5.02 Å². The first kappa shape index (κ1) is 11.5. The van der Waals surface area contributed by atoms with E-state index in [1.807, 2.05) is 6.07 Å². The fourth-order valence-electron chi connectivity index (χ4n) is 2.28. The van der Waals surface area contributed by atoms with E-state index in [4.69, 9.17) is 11.6 Å². The first-order valence-electron chi connectivity index (χ1n) is 5.46. The Hall–Kier alpha value is -0.0100. The summed E-state index contributed by atoms with van der Waals surface area (Å²) < 4.78 is 0. The molecule has 0 bridgehead atoms. The number of rotatable bonds is 3.